The van der Waals surface area contributed by atoms with Gasteiger partial charge in [0.05, 0.1) is 12.2 Å². The molecule has 4 nitrogen and oxygen atoms in total. The van der Waals surface area contributed by atoms with E-state index in [4.69, 9.17) is 16.7 Å². The third-order valence-electron chi connectivity index (χ3n) is 2.40. The van der Waals surface area contributed by atoms with E-state index in [1.54, 1.807) is 12.1 Å². The zero-order chi connectivity index (χ0) is 12.8. The molecule has 0 aliphatic heterocycles. The van der Waals surface area contributed by atoms with Gasteiger partial charge in [-0.25, -0.2) is 4.98 Å². The van der Waals surface area contributed by atoms with Crippen LogP contribution in [0.2, 0.25) is 5.15 Å². The second kappa shape index (κ2) is 6.83. The van der Waals surface area contributed by atoms with Crippen molar-refractivity contribution in [3.8, 4) is 0 Å². The molecule has 0 bridgehead atoms. The summed E-state index contributed by atoms with van der Waals surface area (Å²) >= 11 is 7.33. The lowest BCUT2D eigenvalue weighted by Gasteiger charge is -2.21. The summed E-state index contributed by atoms with van der Waals surface area (Å²) in [5, 5.41) is 12.1. The van der Waals surface area contributed by atoms with Crippen molar-refractivity contribution in [1.29, 1.82) is 0 Å². The van der Waals surface area contributed by atoms with Crippen molar-refractivity contribution >= 4 is 29.3 Å². The fourth-order valence-electron chi connectivity index (χ4n) is 1.37. The molecule has 0 saturated heterocycles. The van der Waals surface area contributed by atoms with Crippen molar-refractivity contribution in [2.45, 2.75) is 18.2 Å². The Morgan fingerprint density at radius 3 is 2.94 bits per heavy atom. The van der Waals surface area contributed by atoms with Crippen molar-refractivity contribution in [1.82, 2.24) is 10.3 Å². The van der Waals surface area contributed by atoms with Gasteiger partial charge in [-0.2, -0.15) is 11.8 Å². The number of pyridine rings is 1. The van der Waals surface area contributed by atoms with Crippen LogP contribution in [0.25, 0.3) is 0 Å². The van der Waals surface area contributed by atoms with E-state index in [-0.39, 0.29) is 29.0 Å². The van der Waals surface area contributed by atoms with Crippen molar-refractivity contribution in [2.75, 3.05) is 12.9 Å². The minimum Gasteiger partial charge on any atom is -0.395 e. The largest absolute Gasteiger partial charge is 0.395 e. The Kier molecular flexibility index (Phi) is 5.74. The van der Waals surface area contributed by atoms with Gasteiger partial charge >= 0.3 is 0 Å². The molecule has 1 heterocycles. The number of nitrogens with zero attached hydrogens (tertiary/aromatic N) is 1. The predicted molar refractivity (Wildman–Crippen MR) is 70.6 cm³/mol. The van der Waals surface area contributed by atoms with Crippen LogP contribution in [0.3, 0.4) is 0 Å². The monoisotopic (exact) mass is 274 g/mol. The number of hydrogen-bond donors (Lipinski definition) is 2. The molecule has 2 unspecified atom stereocenters. The van der Waals surface area contributed by atoms with E-state index < -0.39 is 0 Å². The molecule has 1 amide bonds. The van der Waals surface area contributed by atoms with E-state index in [1.807, 2.05) is 13.2 Å². The number of aliphatic hydroxyl groups is 1. The Bertz CT molecular complexity index is 385. The Hall–Kier alpha value is -0.780. The minimum absolute atomic E-state index is 0.0172. The van der Waals surface area contributed by atoms with Crippen LogP contribution < -0.4 is 5.32 Å². The zero-order valence-electron chi connectivity index (χ0n) is 9.68. The molecule has 0 aromatic carbocycles. The van der Waals surface area contributed by atoms with E-state index in [9.17, 15) is 4.79 Å². The lowest BCUT2D eigenvalue weighted by molar-refractivity contribution is 0.0935. The first-order valence-electron chi connectivity index (χ1n) is 5.15. The molecule has 2 atom stereocenters. The number of aromatic nitrogens is 1. The summed E-state index contributed by atoms with van der Waals surface area (Å²) in [5.41, 5.74) is 0.346. The maximum atomic E-state index is 11.9. The number of thioether (sulfide) groups is 1. The highest BCUT2D eigenvalue weighted by molar-refractivity contribution is 7.99. The third kappa shape index (κ3) is 3.87. The summed E-state index contributed by atoms with van der Waals surface area (Å²) in [6.07, 6.45) is 3.42. The summed E-state index contributed by atoms with van der Waals surface area (Å²) in [4.78, 5) is 15.7. The third-order valence-corrected chi connectivity index (χ3v) is 3.87. The highest BCUT2D eigenvalue weighted by Gasteiger charge is 2.19. The summed E-state index contributed by atoms with van der Waals surface area (Å²) in [6.45, 7) is 1.86. The molecule has 0 saturated carbocycles. The molecule has 1 aromatic rings. The number of hydrogen-bond acceptors (Lipinski definition) is 4. The molecule has 0 aliphatic rings. The van der Waals surface area contributed by atoms with Gasteiger partial charge in [-0.05, 0) is 25.3 Å². The highest BCUT2D eigenvalue weighted by atomic mass is 35.5. The topological polar surface area (TPSA) is 62.2 Å². The van der Waals surface area contributed by atoms with E-state index >= 15 is 0 Å². The molecule has 0 fully saturated rings. The lowest BCUT2D eigenvalue weighted by atomic mass is 10.2. The van der Waals surface area contributed by atoms with Crippen LogP contribution in [0.15, 0.2) is 18.3 Å². The average Bonchev–Trinajstić information content (AvgIpc) is 2.31. The fraction of sp³-hybridized carbons (Fsp3) is 0.455. The minimum atomic E-state index is -0.275. The van der Waals surface area contributed by atoms with Gasteiger partial charge in [0.2, 0.25) is 0 Å². The zero-order valence-corrected chi connectivity index (χ0v) is 11.3. The quantitative estimate of drug-likeness (QED) is 0.801. The first kappa shape index (κ1) is 14.3. The molecular weight excluding hydrogens is 260 g/mol. The number of nitrogens with one attached hydrogen (secondary N) is 1. The number of aliphatic hydroxyl groups excluding tert-OH is 1. The van der Waals surface area contributed by atoms with Crippen molar-refractivity contribution in [3.05, 3.63) is 29.0 Å². The van der Waals surface area contributed by atoms with E-state index in [1.165, 1.54) is 18.0 Å². The molecule has 1 rings (SSSR count). The van der Waals surface area contributed by atoms with Gasteiger partial charge in [0, 0.05) is 17.5 Å². The first-order valence-corrected chi connectivity index (χ1v) is 6.81. The van der Waals surface area contributed by atoms with Crippen LogP contribution in [0.4, 0.5) is 0 Å². The summed E-state index contributed by atoms with van der Waals surface area (Å²) in [5.74, 6) is -0.275. The standard InChI is InChI=1S/C11H15ClN2O2S/c1-7(9(6-15)17-2)14-11(16)8-4-3-5-13-10(8)12/h3-5,7,9,15H,6H2,1-2H3,(H,14,16). The highest BCUT2D eigenvalue weighted by Crippen LogP contribution is 2.14. The molecule has 0 radical (unpaired) electrons. The number of carbonyl (C=O) groups excluding carboxylic acids is 1. The van der Waals surface area contributed by atoms with E-state index in [0.29, 0.717) is 5.56 Å². The van der Waals surface area contributed by atoms with Gasteiger partial charge in [-0.3, -0.25) is 4.79 Å². The molecule has 0 aliphatic carbocycles. The van der Waals surface area contributed by atoms with Gasteiger partial charge in [-0.1, -0.05) is 11.6 Å². The van der Waals surface area contributed by atoms with Gasteiger partial charge in [0.1, 0.15) is 5.15 Å². The predicted octanol–water partition coefficient (Wildman–Crippen LogP) is 1.58. The van der Waals surface area contributed by atoms with Crippen LogP contribution >= 0.6 is 23.4 Å². The summed E-state index contributed by atoms with van der Waals surface area (Å²) in [6, 6.07) is 3.13. The van der Waals surface area contributed by atoms with Crippen LogP contribution in [0.1, 0.15) is 17.3 Å². The maximum Gasteiger partial charge on any atom is 0.254 e. The second-order valence-electron chi connectivity index (χ2n) is 3.56. The average molecular weight is 275 g/mol. The molecule has 94 valence electrons. The van der Waals surface area contributed by atoms with Gasteiger partial charge in [0.25, 0.3) is 5.91 Å². The van der Waals surface area contributed by atoms with Crippen molar-refractivity contribution in [2.24, 2.45) is 0 Å². The van der Waals surface area contributed by atoms with Crippen LogP contribution in [-0.2, 0) is 0 Å². The van der Waals surface area contributed by atoms with E-state index in [2.05, 4.69) is 10.3 Å². The number of carbonyl (C=O) groups is 1. The smallest absolute Gasteiger partial charge is 0.254 e. The number of halogens is 1. The van der Waals surface area contributed by atoms with Gasteiger partial charge in [-0.15, -0.1) is 0 Å². The summed E-state index contributed by atoms with van der Waals surface area (Å²) in [7, 11) is 0. The van der Waals surface area contributed by atoms with Crippen LogP contribution in [0.5, 0.6) is 0 Å². The molecule has 0 spiro atoms. The summed E-state index contributed by atoms with van der Waals surface area (Å²) < 4.78 is 0. The van der Waals surface area contributed by atoms with Crippen molar-refractivity contribution < 1.29 is 9.90 Å². The molecule has 1 aromatic heterocycles. The Morgan fingerprint density at radius 1 is 1.71 bits per heavy atom. The lowest BCUT2D eigenvalue weighted by Crippen LogP contribution is -2.41. The molecular formula is C11H15ClN2O2S. The molecule has 6 heteroatoms. The fourth-order valence-corrected chi connectivity index (χ4v) is 2.20. The van der Waals surface area contributed by atoms with Crippen LogP contribution in [0, 0.1) is 0 Å². The Labute approximate surface area is 110 Å². The number of amides is 1. The SMILES string of the molecule is CSC(CO)C(C)NC(=O)c1cccnc1Cl. The number of rotatable bonds is 5. The second-order valence-corrected chi connectivity index (χ2v) is 5.00. The van der Waals surface area contributed by atoms with E-state index in [0.717, 1.165) is 0 Å². The van der Waals surface area contributed by atoms with Gasteiger partial charge in [0.15, 0.2) is 0 Å². The van der Waals surface area contributed by atoms with Crippen LogP contribution in [-0.4, -0.2) is 40.2 Å². The first-order chi connectivity index (χ1) is 8.10. The Morgan fingerprint density at radius 2 is 2.41 bits per heavy atom. The van der Waals surface area contributed by atoms with Crippen molar-refractivity contribution in [3.63, 3.8) is 0 Å². The molecule has 2 N–H and O–H groups in total. The normalized spacial score (nSPS) is 14.1. The molecule has 17 heavy (non-hydrogen) atoms. The van der Waals surface area contributed by atoms with Gasteiger partial charge < -0.3 is 10.4 Å². The Balaban J connectivity index is 2.70. The maximum absolute atomic E-state index is 11.9.